The highest BCUT2D eigenvalue weighted by Gasteiger charge is 2.27. The molecule has 0 radical (unpaired) electrons. The van der Waals surface area contributed by atoms with E-state index < -0.39 is 16.4 Å². The molecule has 7 nitrogen and oxygen atoms in total. The number of carboxylic acids is 1. The molecule has 0 bridgehead atoms. The number of rotatable bonds is 7. The molecule has 0 amide bonds. The van der Waals surface area contributed by atoms with Crippen molar-refractivity contribution in [3.8, 4) is 5.75 Å². The van der Waals surface area contributed by atoms with Crippen LogP contribution in [-0.4, -0.2) is 28.1 Å². The molecule has 0 saturated heterocycles. The van der Waals surface area contributed by atoms with Crippen LogP contribution in [-0.2, 0) is 4.79 Å². The zero-order valence-electron chi connectivity index (χ0n) is 12.4. The molecule has 0 heterocycles. The van der Waals surface area contributed by atoms with Gasteiger partial charge in [0.05, 0.1) is 11.5 Å². The van der Waals surface area contributed by atoms with Crippen LogP contribution in [0.25, 0.3) is 0 Å². The maximum Gasteiger partial charge on any atom is 0.323 e. The van der Waals surface area contributed by atoms with E-state index in [0.29, 0.717) is 12.0 Å². The first-order chi connectivity index (χ1) is 9.65. The van der Waals surface area contributed by atoms with Crippen molar-refractivity contribution in [3.63, 3.8) is 0 Å². The van der Waals surface area contributed by atoms with Crippen molar-refractivity contribution >= 4 is 11.7 Å². The van der Waals surface area contributed by atoms with Crippen molar-refractivity contribution < 1.29 is 19.6 Å². The lowest BCUT2D eigenvalue weighted by Gasteiger charge is -2.19. The number of aryl methyl sites for hydroxylation is 2. The molecule has 21 heavy (non-hydrogen) atoms. The van der Waals surface area contributed by atoms with Crippen LogP contribution in [0.2, 0.25) is 0 Å². The molecule has 3 N–H and O–H groups in total. The number of ether oxygens (including phenoxy) is 1. The molecule has 1 rings (SSSR count). The summed E-state index contributed by atoms with van der Waals surface area (Å²) in [5.74, 6) is -0.861. The number of nitro benzene ring substituents is 1. The molecule has 0 saturated carbocycles. The normalized spacial score (nSPS) is 13.5. The number of hydrogen-bond acceptors (Lipinski definition) is 5. The number of benzene rings is 1. The summed E-state index contributed by atoms with van der Waals surface area (Å²) in [6.07, 6.45) is 0.616. The zero-order chi connectivity index (χ0) is 16.2. The summed E-state index contributed by atoms with van der Waals surface area (Å²) in [6, 6.07) is 3.25. The van der Waals surface area contributed by atoms with Crippen molar-refractivity contribution in [2.24, 2.45) is 5.73 Å². The molecule has 0 aliphatic carbocycles. The van der Waals surface area contributed by atoms with E-state index in [9.17, 15) is 14.9 Å². The minimum absolute atomic E-state index is 0.0822. The summed E-state index contributed by atoms with van der Waals surface area (Å²) in [5.41, 5.74) is 5.66. The van der Waals surface area contributed by atoms with Crippen LogP contribution in [0.4, 0.5) is 5.69 Å². The van der Waals surface area contributed by atoms with E-state index in [1.54, 1.807) is 19.9 Å². The molecule has 7 heteroatoms. The summed E-state index contributed by atoms with van der Waals surface area (Å²) >= 11 is 0. The number of nitro groups is 1. The Hall–Kier alpha value is -2.15. The molecular formula is C14H20N2O5. The lowest BCUT2D eigenvalue weighted by molar-refractivity contribution is -0.386. The average molecular weight is 296 g/mol. The lowest BCUT2D eigenvalue weighted by atomic mass is 9.98. The molecule has 1 unspecified atom stereocenters. The molecule has 0 spiro atoms. The summed E-state index contributed by atoms with van der Waals surface area (Å²) in [7, 11) is 0. The monoisotopic (exact) mass is 296 g/mol. The van der Waals surface area contributed by atoms with Crippen molar-refractivity contribution in [1.82, 2.24) is 0 Å². The summed E-state index contributed by atoms with van der Waals surface area (Å²) in [4.78, 5) is 21.4. The fourth-order valence-electron chi connectivity index (χ4n) is 1.98. The van der Waals surface area contributed by atoms with Crippen LogP contribution >= 0.6 is 0 Å². The second-order valence-corrected chi connectivity index (χ2v) is 5.36. The first-order valence-electron chi connectivity index (χ1n) is 6.56. The Balaban J connectivity index is 2.72. The minimum atomic E-state index is -1.32. The molecular weight excluding hydrogens is 276 g/mol. The fraction of sp³-hybridized carbons (Fsp3) is 0.500. The van der Waals surface area contributed by atoms with Crippen molar-refractivity contribution in [2.45, 2.75) is 39.2 Å². The summed E-state index contributed by atoms with van der Waals surface area (Å²) in [5, 5.41) is 19.9. The van der Waals surface area contributed by atoms with E-state index in [4.69, 9.17) is 15.6 Å². The first-order valence-corrected chi connectivity index (χ1v) is 6.56. The second kappa shape index (κ2) is 6.53. The van der Waals surface area contributed by atoms with Crippen molar-refractivity contribution in [3.05, 3.63) is 33.4 Å². The predicted molar refractivity (Wildman–Crippen MR) is 77.5 cm³/mol. The number of carbonyl (C=O) groups is 1. The number of nitrogens with zero attached hydrogens (tertiary/aromatic N) is 1. The van der Waals surface area contributed by atoms with Crippen LogP contribution in [0, 0.1) is 24.0 Å². The van der Waals surface area contributed by atoms with Crippen LogP contribution < -0.4 is 10.5 Å². The van der Waals surface area contributed by atoms with Crippen LogP contribution in [0.3, 0.4) is 0 Å². The topological polar surface area (TPSA) is 116 Å². The third kappa shape index (κ3) is 4.42. The Labute approximate surface area is 122 Å². The second-order valence-electron chi connectivity index (χ2n) is 5.36. The van der Waals surface area contributed by atoms with Gasteiger partial charge in [0.25, 0.3) is 0 Å². The highest BCUT2D eigenvalue weighted by Crippen LogP contribution is 2.32. The highest BCUT2D eigenvalue weighted by atomic mass is 16.6. The Morgan fingerprint density at radius 3 is 2.62 bits per heavy atom. The molecule has 0 fully saturated rings. The van der Waals surface area contributed by atoms with Crippen molar-refractivity contribution in [1.29, 1.82) is 0 Å². The molecule has 0 aliphatic heterocycles. The third-order valence-electron chi connectivity index (χ3n) is 3.17. The fourth-order valence-corrected chi connectivity index (χ4v) is 1.98. The SMILES string of the molecule is Cc1cc(C)c(OCCCC(C)(N)C(=O)O)c([N+](=O)[O-])c1. The smallest absolute Gasteiger partial charge is 0.323 e. The summed E-state index contributed by atoms with van der Waals surface area (Å²) < 4.78 is 5.47. The molecule has 0 aromatic heterocycles. The molecule has 0 aliphatic rings. The van der Waals surface area contributed by atoms with Gasteiger partial charge in [-0.05, 0) is 44.7 Å². The van der Waals surface area contributed by atoms with Gasteiger partial charge in [-0.2, -0.15) is 0 Å². The van der Waals surface area contributed by atoms with Gasteiger partial charge < -0.3 is 15.6 Å². The lowest BCUT2D eigenvalue weighted by Crippen LogP contribution is -2.44. The van der Waals surface area contributed by atoms with Crippen LogP contribution in [0.5, 0.6) is 5.75 Å². The van der Waals surface area contributed by atoms with E-state index in [2.05, 4.69) is 0 Å². The van der Waals surface area contributed by atoms with Crippen LogP contribution in [0.15, 0.2) is 12.1 Å². The van der Waals surface area contributed by atoms with Gasteiger partial charge >= 0.3 is 11.7 Å². The maximum atomic E-state index is 11.0. The van der Waals surface area contributed by atoms with Gasteiger partial charge in [0.2, 0.25) is 0 Å². The Bertz CT molecular complexity index is 555. The highest BCUT2D eigenvalue weighted by molar-refractivity contribution is 5.77. The Morgan fingerprint density at radius 2 is 2.10 bits per heavy atom. The van der Waals surface area contributed by atoms with E-state index in [-0.39, 0.29) is 24.5 Å². The van der Waals surface area contributed by atoms with Gasteiger partial charge in [-0.25, -0.2) is 0 Å². The Kier molecular flexibility index (Phi) is 5.26. The standard InChI is InChI=1S/C14H20N2O5/c1-9-7-10(2)12(11(8-9)16(19)20)21-6-4-5-14(3,15)13(17)18/h7-8H,4-6,15H2,1-3H3,(H,17,18). The molecule has 1 aromatic carbocycles. The van der Waals surface area contributed by atoms with Gasteiger partial charge in [0.15, 0.2) is 5.75 Å². The van der Waals surface area contributed by atoms with Crippen molar-refractivity contribution in [2.75, 3.05) is 6.61 Å². The van der Waals surface area contributed by atoms with E-state index >= 15 is 0 Å². The first kappa shape index (κ1) is 16.9. The number of hydrogen-bond donors (Lipinski definition) is 2. The predicted octanol–water partition coefficient (Wildman–Crippen LogP) is 2.17. The zero-order valence-corrected chi connectivity index (χ0v) is 12.4. The van der Waals surface area contributed by atoms with Gasteiger partial charge in [0, 0.05) is 6.07 Å². The van der Waals surface area contributed by atoms with E-state index in [0.717, 1.165) is 5.56 Å². The average Bonchev–Trinajstić information content (AvgIpc) is 2.35. The minimum Gasteiger partial charge on any atom is -0.487 e. The van der Waals surface area contributed by atoms with Gasteiger partial charge in [0.1, 0.15) is 5.54 Å². The summed E-state index contributed by atoms with van der Waals surface area (Å²) in [6.45, 7) is 5.11. The van der Waals surface area contributed by atoms with Crippen LogP contribution in [0.1, 0.15) is 30.9 Å². The van der Waals surface area contributed by atoms with Gasteiger partial charge in [-0.1, -0.05) is 6.07 Å². The quantitative estimate of drug-likeness (QED) is 0.452. The number of carboxylic acid groups (broad SMARTS) is 1. The maximum absolute atomic E-state index is 11.0. The van der Waals surface area contributed by atoms with E-state index in [1.807, 2.05) is 0 Å². The number of aliphatic carboxylic acids is 1. The van der Waals surface area contributed by atoms with Gasteiger partial charge in [-0.3, -0.25) is 14.9 Å². The van der Waals surface area contributed by atoms with E-state index in [1.165, 1.54) is 13.0 Å². The number of nitrogens with two attached hydrogens (primary N) is 1. The largest absolute Gasteiger partial charge is 0.487 e. The molecule has 1 aromatic rings. The Morgan fingerprint density at radius 1 is 1.48 bits per heavy atom. The third-order valence-corrected chi connectivity index (χ3v) is 3.17. The molecule has 1 atom stereocenters. The van der Waals surface area contributed by atoms with Gasteiger partial charge in [-0.15, -0.1) is 0 Å². The molecule has 116 valence electrons.